The fourth-order valence-electron chi connectivity index (χ4n) is 1.84. The molecule has 102 valence electrons. The Labute approximate surface area is 109 Å². The van der Waals surface area contributed by atoms with Crippen LogP contribution in [0.25, 0.3) is 0 Å². The van der Waals surface area contributed by atoms with Gasteiger partial charge in [0.15, 0.2) is 0 Å². The van der Waals surface area contributed by atoms with Crippen molar-refractivity contribution in [2.24, 2.45) is 5.92 Å². The molecule has 0 saturated carbocycles. The summed E-state index contributed by atoms with van der Waals surface area (Å²) in [5.41, 5.74) is 0.847. The van der Waals surface area contributed by atoms with Crippen molar-refractivity contribution in [1.29, 1.82) is 0 Å². The summed E-state index contributed by atoms with van der Waals surface area (Å²) in [5.74, 6) is 0.748. The number of aryl methyl sites for hydroxylation is 1. The largest absolute Gasteiger partial charge is 0.347 e. The Morgan fingerprint density at radius 1 is 1.33 bits per heavy atom. The van der Waals surface area contributed by atoms with Gasteiger partial charge in [0.05, 0.1) is 0 Å². The Bertz CT molecular complexity index is 412. The minimum atomic E-state index is -0.169. The number of aromatic nitrogens is 2. The Balaban J connectivity index is 2.33. The normalized spacial score (nSPS) is 12.9. The van der Waals surface area contributed by atoms with Crippen LogP contribution in [-0.2, 0) is 6.54 Å². The van der Waals surface area contributed by atoms with Crippen molar-refractivity contribution in [2.45, 2.75) is 53.1 Å². The van der Waals surface area contributed by atoms with Gasteiger partial charge in [0, 0.05) is 31.5 Å². The number of nitrogens with one attached hydrogen (secondary N) is 1. The van der Waals surface area contributed by atoms with Gasteiger partial charge in [0.25, 0.3) is 0 Å². The van der Waals surface area contributed by atoms with E-state index >= 15 is 0 Å². The Hall–Kier alpha value is -1.16. The van der Waals surface area contributed by atoms with Crippen molar-refractivity contribution in [3.8, 4) is 0 Å². The van der Waals surface area contributed by atoms with E-state index in [-0.39, 0.29) is 5.69 Å². The first-order valence-electron chi connectivity index (χ1n) is 6.75. The van der Waals surface area contributed by atoms with Crippen LogP contribution in [-0.4, -0.2) is 22.1 Å². The van der Waals surface area contributed by atoms with Crippen LogP contribution in [0.2, 0.25) is 0 Å². The molecule has 1 heterocycles. The molecule has 0 aliphatic carbocycles. The quantitative estimate of drug-likeness (QED) is 0.806. The molecule has 1 atom stereocenters. The molecule has 0 radical (unpaired) electrons. The van der Waals surface area contributed by atoms with Gasteiger partial charge in [-0.15, -0.1) is 0 Å². The monoisotopic (exact) mass is 251 g/mol. The van der Waals surface area contributed by atoms with Crippen LogP contribution in [0, 0.1) is 12.8 Å². The van der Waals surface area contributed by atoms with Gasteiger partial charge in [0.2, 0.25) is 0 Å². The highest BCUT2D eigenvalue weighted by Gasteiger charge is 2.03. The summed E-state index contributed by atoms with van der Waals surface area (Å²) in [6.07, 6.45) is 5.88. The molecular weight excluding hydrogens is 226 g/mol. The maximum atomic E-state index is 11.5. The van der Waals surface area contributed by atoms with Crippen LogP contribution in [0.3, 0.4) is 0 Å². The third-order valence-corrected chi connectivity index (χ3v) is 3.01. The average molecular weight is 251 g/mol. The zero-order chi connectivity index (χ0) is 13.5. The van der Waals surface area contributed by atoms with Gasteiger partial charge >= 0.3 is 5.69 Å². The molecule has 0 fully saturated rings. The summed E-state index contributed by atoms with van der Waals surface area (Å²) >= 11 is 0. The molecule has 0 aliphatic rings. The van der Waals surface area contributed by atoms with Crippen molar-refractivity contribution in [3.05, 3.63) is 28.4 Å². The highest BCUT2D eigenvalue weighted by Crippen LogP contribution is 2.05. The molecule has 0 aromatic carbocycles. The van der Waals surface area contributed by atoms with E-state index in [1.54, 1.807) is 10.8 Å². The van der Waals surface area contributed by atoms with E-state index in [2.05, 4.69) is 31.1 Å². The van der Waals surface area contributed by atoms with E-state index in [1.165, 1.54) is 12.8 Å². The van der Waals surface area contributed by atoms with Gasteiger partial charge in [0.1, 0.15) is 0 Å². The number of nitrogens with zero attached hydrogens (tertiary/aromatic N) is 2. The van der Waals surface area contributed by atoms with E-state index in [9.17, 15) is 4.79 Å². The van der Waals surface area contributed by atoms with Gasteiger partial charge < -0.3 is 5.32 Å². The highest BCUT2D eigenvalue weighted by molar-refractivity contribution is 4.99. The molecule has 0 bridgehead atoms. The lowest BCUT2D eigenvalue weighted by Crippen LogP contribution is -2.33. The lowest BCUT2D eigenvalue weighted by molar-refractivity contribution is 0.438. The second kappa shape index (κ2) is 7.31. The van der Waals surface area contributed by atoms with Crippen LogP contribution in [0.5, 0.6) is 0 Å². The molecule has 4 heteroatoms. The fourth-order valence-corrected chi connectivity index (χ4v) is 1.84. The first-order valence-corrected chi connectivity index (χ1v) is 6.75. The van der Waals surface area contributed by atoms with E-state index in [1.807, 2.05) is 13.1 Å². The van der Waals surface area contributed by atoms with Crippen molar-refractivity contribution in [2.75, 3.05) is 6.54 Å². The first kappa shape index (κ1) is 14.9. The lowest BCUT2D eigenvalue weighted by Gasteiger charge is -2.15. The highest BCUT2D eigenvalue weighted by atomic mass is 16.1. The van der Waals surface area contributed by atoms with Gasteiger partial charge in [-0.2, -0.15) is 0 Å². The molecule has 0 amide bonds. The number of rotatable bonds is 7. The maximum absolute atomic E-state index is 11.5. The minimum Gasteiger partial charge on any atom is -0.312 e. The fraction of sp³-hybridized carbons (Fsp3) is 0.714. The summed E-state index contributed by atoms with van der Waals surface area (Å²) in [7, 11) is 0. The van der Waals surface area contributed by atoms with Crippen LogP contribution in [0.4, 0.5) is 0 Å². The van der Waals surface area contributed by atoms with Crippen LogP contribution in [0.15, 0.2) is 17.2 Å². The molecule has 1 unspecified atom stereocenters. The second-order valence-corrected chi connectivity index (χ2v) is 5.43. The van der Waals surface area contributed by atoms with E-state index in [0.29, 0.717) is 12.6 Å². The van der Waals surface area contributed by atoms with Crippen LogP contribution >= 0.6 is 0 Å². The molecule has 4 nitrogen and oxygen atoms in total. The standard InChI is InChI=1S/C14H25N3O/c1-11(2)5-6-13(4)15-7-8-17-10-12(3)9-16-14(17)18/h9-11,13,15H,5-8H2,1-4H3. The first-order chi connectivity index (χ1) is 8.49. The smallest absolute Gasteiger partial charge is 0.312 e. The lowest BCUT2D eigenvalue weighted by atomic mass is 10.0. The molecule has 1 N–H and O–H groups in total. The molecule has 0 aliphatic heterocycles. The van der Waals surface area contributed by atoms with Crippen LogP contribution in [0.1, 0.15) is 39.2 Å². The third-order valence-electron chi connectivity index (χ3n) is 3.01. The SMILES string of the molecule is Cc1cnc(=O)n(CCNC(C)CCC(C)C)c1. The van der Waals surface area contributed by atoms with Gasteiger partial charge in [-0.25, -0.2) is 9.78 Å². The predicted octanol–water partition coefficient (Wildman–Crippen LogP) is 1.97. The zero-order valence-electron chi connectivity index (χ0n) is 11.9. The average Bonchev–Trinajstić information content (AvgIpc) is 2.31. The topological polar surface area (TPSA) is 46.9 Å². The summed E-state index contributed by atoms with van der Waals surface area (Å²) in [6.45, 7) is 10.1. The van der Waals surface area contributed by atoms with Crippen molar-refractivity contribution < 1.29 is 0 Å². The van der Waals surface area contributed by atoms with Crippen molar-refractivity contribution in [1.82, 2.24) is 14.9 Å². The second-order valence-electron chi connectivity index (χ2n) is 5.43. The molecule has 0 spiro atoms. The Morgan fingerprint density at radius 2 is 2.06 bits per heavy atom. The third kappa shape index (κ3) is 5.45. The maximum Gasteiger partial charge on any atom is 0.347 e. The van der Waals surface area contributed by atoms with E-state index in [0.717, 1.165) is 18.0 Å². The molecule has 1 aromatic heterocycles. The van der Waals surface area contributed by atoms with Gasteiger partial charge in [-0.3, -0.25) is 4.57 Å². The van der Waals surface area contributed by atoms with Gasteiger partial charge in [-0.1, -0.05) is 13.8 Å². The summed E-state index contributed by atoms with van der Waals surface area (Å²) in [5, 5.41) is 3.45. The number of hydrogen-bond acceptors (Lipinski definition) is 3. The summed E-state index contributed by atoms with van der Waals surface area (Å²) < 4.78 is 1.66. The number of hydrogen-bond donors (Lipinski definition) is 1. The van der Waals surface area contributed by atoms with Crippen LogP contribution < -0.4 is 11.0 Å². The minimum absolute atomic E-state index is 0.169. The zero-order valence-corrected chi connectivity index (χ0v) is 11.9. The predicted molar refractivity (Wildman–Crippen MR) is 74.8 cm³/mol. The van der Waals surface area contributed by atoms with Crippen molar-refractivity contribution in [3.63, 3.8) is 0 Å². The van der Waals surface area contributed by atoms with Crippen molar-refractivity contribution >= 4 is 0 Å². The molecule has 0 saturated heterocycles. The summed E-state index contributed by atoms with van der Waals surface area (Å²) in [6, 6.07) is 0.501. The Morgan fingerprint density at radius 3 is 2.72 bits per heavy atom. The molecule has 1 aromatic rings. The molecule has 1 rings (SSSR count). The van der Waals surface area contributed by atoms with E-state index in [4.69, 9.17) is 0 Å². The molecule has 18 heavy (non-hydrogen) atoms. The Kier molecular flexibility index (Phi) is 6.05. The molecular formula is C14H25N3O. The summed E-state index contributed by atoms with van der Waals surface area (Å²) in [4.78, 5) is 15.3. The van der Waals surface area contributed by atoms with E-state index < -0.39 is 0 Å². The van der Waals surface area contributed by atoms with Gasteiger partial charge in [-0.05, 0) is 38.2 Å².